The summed E-state index contributed by atoms with van der Waals surface area (Å²) < 4.78 is 25.5. The van der Waals surface area contributed by atoms with Crippen LogP contribution in [0.2, 0.25) is 0 Å². The number of sulfonamides is 1. The van der Waals surface area contributed by atoms with Gasteiger partial charge in [0, 0.05) is 12.0 Å². The molecule has 0 unspecified atom stereocenters. The normalized spacial score (nSPS) is 12.1. The lowest BCUT2D eigenvalue weighted by molar-refractivity contribution is 0.587. The summed E-state index contributed by atoms with van der Waals surface area (Å²) >= 11 is 0. The predicted molar refractivity (Wildman–Crippen MR) is 67.3 cm³/mol. The first kappa shape index (κ1) is 12.9. The highest BCUT2D eigenvalue weighted by Gasteiger charge is 2.02. The second-order valence-electron chi connectivity index (χ2n) is 3.51. The third kappa shape index (κ3) is 5.09. The van der Waals surface area contributed by atoms with Gasteiger partial charge in [-0.1, -0.05) is 43.7 Å². The van der Waals surface area contributed by atoms with Crippen LogP contribution in [0.15, 0.2) is 35.7 Å². The van der Waals surface area contributed by atoms with Gasteiger partial charge in [0.1, 0.15) is 0 Å². The molecule has 0 saturated heterocycles. The van der Waals surface area contributed by atoms with E-state index in [9.17, 15) is 8.42 Å². The van der Waals surface area contributed by atoms with Crippen molar-refractivity contribution in [3.05, 3.63) is 41.3 Å². The van der Waals surface area contributed by atoms with Crippen LogP contribution in [0.3, 0.4) is 0 Å². The van der Waals surface area contributed by atoms with Gasteiger partial charge in [0.25, 0.3) is 0 Å². The molecule has 0 bridgehead atoms. The van der Waals surface area contributed by atoms with E-state index in [1.165, 1.54) is 5.41 Å². The van der Waals surface area contributed by atoms with E-state index in [1.54, 1.807) is 6.08 Å². The third-order valence-corrected chi connectivity index (χ3v) is 3.17. The van der Waals surface area contributed by atoms with Crippen LogP contribution in [0.25, 0.3) is 6.08 Å². The summed E-state index contributed by atoms with van der Waals surface area (Å²) in [7, 11) is -3.28. The SMILES string of the molecule is CCCCNS(=O)(=O)C=Cc1ccccc1. The zero-order chi connectivity index (χ0) is 11.9. The molecule has 1 aromatic carbocycles. The maximum atomic E-state index is 11.5. The molecule has 0 fully saturated rings. The van der Waals surface area contributed by atoms with Crippen LogP contribution in [-0.2, 0) is 10.0 Å². The van der Waals surface area contributed by atoms with Crippen molar-refractivity contribution >= 4 is 16.1 Å². The Morgan fingerprint density at radius 2 is 1.94 bits per heavy atom. The largest absolute Gasteiger partial charge is 0.233 e. The summed E-state index contributed by atoms with van der Waals surface area (Å²) in [5.74, 6) is 0. The average molecular weight is 239 g/mol. The highest BCUT2D eigenvalue weighted by atomic mass is 32.2. The number of rotatable bonds is 6. The lowest BCUT2D eigenvalue weighted by Crippen LogP contribution is -2.22. The van der Waals surface area contributed by atoms with Crippen LogP contribution in [0.1, 0.15) is 25.3 Å². The van der Waals surface area contributed by atoms with E-state index in [1.807, 2.05) is 37.3 Å². The summed E-state index contributed by atoms with van der Waals surface area (Å²) in [6.07, 6.45) is 3.43. The van der Waals surface area contributed by atoms with Gasteiger partial charge in [-0.3, -0.25) is 0 Å². The third-order valence-electron chi connectivity index (χ3n) is 2.07. The van der Waals surface area contributed by atoms with E-state index in [0.717, 1.165) is 18.4 Å². The minimum absolute atomic E-state index is 0.498. The van der Waals surface area contributed by atoms with Crippen LogP contribution < -0.4 is 4.72 Å². The zero-order valence-electron chi connectivity index (χ0n) is 9.39. The Labute approximate surface area is 97.2 Å². The molecule has 0 heterocycles. The van der Waals surface area contributed by atoms with Crippen LogP contribution in [0.4, 0.5) is 0 Å². The first-order valence-corrected chi connectivity index (χ1v) is 6.91. The molecule has 4 heteroatoms. The van der Waals surface area contributed by atoms with E-state index in [-0.39, 0.29) is 0 Å². The van der Waals surface area contributed by atoms with Crippen LogP contribution in [-0.4, -0.2) is 15.0 Å². The second-order valence-corrected chi connectivity index (χ2v) is 5.16. The topological polar surface area (TPSA) is 46.2 Å². The van der Waals surface area contributed by atoms with Crippen LogP contribution in [0.5, 0.6) is 0 Å². The molecule has 0 aliphatic carbocycles. The standard InChI is InChI=1S/C12H17NO2S/c1-2-3-10-13-16(14,15)11-9-12-7-5-4-6-8-12/h4-9,11,13H,2-3,10H2,1H3. The summed E-state index contributed by atoms with van der Waals surface area (Å²) in [4.78, 5) is 0. The lowest BCUT2D eigenvalue weighted by atomic mass is 10.2. The number of unbranched alkanes of at least 4 members (excludes halogenated alkanes) is 1. The van der Waals surface area contributed by atoms with Gasteiger partial charge in [0.2, 0.25) is 10.0 Å². The molecule has 88 valence electrons. The van der Waals surface area contributed by atoms with E-state index in [4.69, 9.17) is 0 Å². The van der Waals surface area contributed by atoms with Gasteiger partial charge in [-0.25, -0.2) is 13.1 Å². The molecular formula is C12H17NO2S. The molecule has 0 radical (unpaired) electrons. The summed E-state index contributed by atoms with van der Waals surface area (Å²) in [5, 5.41) is 1.21. The van der Waals surface area contributed by atoms with Crippen LogP contribution in [0, 0.1) is 0 Å². The molecular weight excluding hydrogens is 222 g/mol. The van der Waals surface area contributed by atoms with E-state index >= 15 is 0 Å². The summed E-state index contributed by atoms with van der Waals surface area (Å²) in [6.45, 7) is 2.52. The summed E-state index contributed by atoms with van der Waals surface area (Å²) in [5.41, 5.74) is 0.878. The minimum Gasteiger partial charge on any atom is -0.212 e. The van der Waals surface area contributed by atoms with Crippen molar-refractivity contribution in [2.24, 2.45) is 0 Å². The lowest BCUT2D eigenvalue weighted by Gasteiger charge is -2.00. The van der Waals surface area contributed by atoms with E-state index < -0.39 is 10.0 Å². The smallest absolute Gasteiger partial charge is 0.212 e. The number of hydrogen-bond acceptors (Lipinski definition) is 2. The Morgan fingerprint density at radius 1 is 1.25 bits per heavy atom. The molecule has 0 amide bonds. The Kier molecular flexibility index (Phi) is 5.22. The van der Waals surface area contributed by atoms with E-state index in [2.05, 4.69) is 4.72 Å². The fourth-order valence-corrected chi connectivity index (χ4v) is 2.03. The highest BCUT2D eigenvalue weighted by molar-refractivity contribution is 7.92. The predicted octanol–water partition coefficient (Wildman–Crippen LogP) is 2.38. The van der Waals surface area contributed by atoms with Gasteiger partial charge in [-0.15, -0.1) is 0 Å². The first-order chi connectivity index (χ1) is 7.64. The number of hydrogen-bond donors (Lipinski definition) is 1. The van der Waals surface area contributed by atoms with E-state index in [0.29, 0.717) is 6.54 Å². The Morgan fingerprint density at radius 3 is 2.56 bits per heavy atom. The van der Waals surface area contributed by atoms with Crippen molar-refractivity contribution in [3.63, 3.8) is 0 Å². The van der Waals surface area contributed by atoms with Gasteiger partial charge >= 0.3 is 0 Å². The fourth-order valence-electron chi connectivity index (χ4n) is 1.17. The number of benzene rings is 1. The first-order valence-electron chi connectivity index (χ1n) is 5.37. The Bertz CT molecular complexity index is 424. The van der Waals surface area contributed by atoms with Gasteiger partial charge in [-0.05, 0) is 18.1 Å². The van der Waals surface area contributed by atoms with Gasteiger partial charge in [0.15, 0.2) is 0 Å². The van der Waals surface area contributed by atoms with Crippen LogP contribution >= 0.6 is 0 Å². The molecule has 3 nitrogen and oxygen atoms in total. The van der Waals surface area contributed by atoms with Crippen molar-refractivity contribution in [1.29, 1.82) is 0 Å². The van der Waals surface area contributed by atoms with Crippen molar-refractivity contribution in [2.75, 3.05) is 6.54 Å². The van der Waals surface area contributed by atoms with Gasteiger partial charge < -0.3 is 0 Å². The van der Waals surface area contributed by atoms with Crippen molar-refractivity contribution in [1.82, 2.24) is 4.72 Å². The molecule has 1 aromatic rings. The maximum absolute atomic E-state index is 11.5. The molecule has 16 heavy (non-hydrogen) atoms. The molecule has 0 atom stereocenters. The molecule has 0 saturated carbocycles. The molecule has 0 aromatic heterocycles. The number of nitrogens with one attached hydrogen (secondary N) is 1. The molecule has 1 N–H and O–H groups in total. The van der Waals surface area contributed by atoms with Crippen molar-refractivity contribution in [3.8, 4) is 0 Å². The highest BCUT2D eigenvalue weighted by Crippen LogP contribution is 2.02. The van der Waals surface area contributed by atoms with Gasteiger partial charge in [0.05, 0.1) is 0 Å². The zero-order valence-corrected chi connectivity index (χ0v) is 10.2. The molecule has 0 spiro atoms. The van der Waals surface area contributed by atoms with Crippen molar-refractivity contribution in [2.45, 2.75) is 19.8 Å². The molecule has 0 aliphatic heterocycles. The maximum Gasteiger partial charge on any atom is 0.233 e. The quantitative estimate of drug-likeness (QED) is 0.775. The molecule has 1 rings (SSSR count). The second kappa shape index (κ2) is 6.45. The van der Waals surface area contributed by atoms with Gasteiger partial charge in [-0.2, -0.15) is 0 Å². The summed E-state index contributed by atoms with van der Waals surface area (Å²) in [6, 6.07) is 9.36. The Balaban J connectivity index is 2.56. The minimum atomic E-state index is -3.28. The average Bonchev–Trinajstić information content (AvgIpc) is 2.28. The fraction of sp³-hybridized carbons (Fsp3) is 0.333. The Hall–Kier alpha value is -1.13. The molecule has 0 aliphatic rings. The monoisotopic (exact) mass is 239 g/mol. The van der Waals surface area contributed by atoms with Crippen molar-refractivity contribution < 1.29 is 8.42 Å².